The first-order valence-corrected chi connectivity index (χ1v) is 8.13. The molecule has 1 heterocycles. The van der Waals surface area contributed by atoms with Crippen molar-refractivity contribution in [3.8, 4) is 0 Å². The third-order valence-corrected chi connectivity index (χ3v) is 4.57. The molecule has 120 valence electrons. The van der Waals surface area contributed by atoms with Crippen molar-refractivity contribution in [3.05, 3.63) is 35.9 Å². The van der Waals surface area contributed by atoms with Crippen LogP contribution in [0, 0.1) is 5.92 Å². The first kappa shape index (κ1) is 15.5. The number of fused-ring (bicyclic) bond motifs is 1. The van der Waals surface area contributed by atoms with E-state index in [1.165, 1.54) is 5.56 Å². The SMILES string of the molecule is CCOC(=O)C1NNC2C(OCc3ccccc3)CCCC12. The van der Waals surface area contributed by atoms with E-state index in [0.29, 0.717) is 13.2 Å². The molecule has 2 aliphatic rings. The molecule has 3 rings (SSSR count). The van der Waals surface area contributed by atoms with Crippen molar-refractivity contribution < 1.29 is 14.3 Å². The van der Waals surface area contributed by atoms with Gasteiger partial charge in [0.15, 0.2) is 0 Å². The quantitative estimate of drug-likeness (QED) is 0.812. The van der Waals surface area contributed by atoms with Gasteiger partial charge in [0.2, 0.25) is 0 Å². The number of carbonyl (C=O) groups is 1. The summed E-state index contributed by atoms with van der Waals surface area (Å²) in [6.45, 7) is 2.87. The smallest absolute Gasteiger partial charge is 0.324 e. The second-order valence-electron chi connectivity index (χ2n) is 5.97. The van der Waals surface area contributed by atoms with E-state index in [0.717, 1.165) is 19.3 Å². The van der Waals surface area contributed by atoms with Crippen molar-refractivity contribution in [2.45, 2.75) is 51.0 Å². The standard InChI is InChI=1S/C17H24N2O3/c1-2-21-17(20)16-13-9-6-10-14(15(13)18-19-16)22-11-12-7-4-3-5-8-12/h3-5,7-8,13-16,18-19H,2,6,9-11H2,1H3. The van der Waals surface area contributed by atoms with Gasteiger partial charge in [0.05, 0.1) is 25.4 Å². The summed E-state index contributed by atoms with van der Waals surface area (Å²) in [5.74, 6) is 0.0831. The molecule has 5 heteroatoms. The molecule has 0 aromatic heterocycles. The Morgan fingerprint density at radius 3 is 2.82 bits per heavy atom. The first-order valence-electron chi connectivity index (χ1n) is 8.13. The number of carbonyl (C=O) groups excluding carboxylic acids is 1. The summed E-state index contributed by atoms with van der Waals surface area (Å²) in [6, 6.07) is 10.1. The summed E-state index contributed by atoms with van der Waals surface area (Å²) in [4.78, 5) is 12.0. The molecule has 1 aliphatic heterocycles. The summed E-state index contributed by atoms with van der Waals surface area (Å²) in [6.07, 6.45) is 3.27. The predicted octanol–water partition coefficient (Wildman–Crippen LogP) is 1.78. The molecule has 0 amide bonds. The van der Waals surface area contributed by atoms with E-state index < -0.39 is 0 Å². The van der Waals surface area contributed by atoms with Crippen LogP contribution in [0.3, 0.4) is 0 Å². The van der Waals surface area contributed by atoms with Crippen LogP contribution in [0.2, 0.25) is 0 Å². The maximum absolute atomic E-state index is 12.0. The number of benzene rings is 1. The fourth-order valence-corrected chi connectivity index (χ4v) is 3.49. The fourth-order valence-electron chi connectivity index (χ4n) is 3.49. The summed E-state index contributed by atoms with van der Waals surface area (Å²) in [7, 11) is 0. The Bertz CT molecular complexity index is 494. The van der Waals surface area contributed by atoms with E-state index in [2.05, 4.69) is 23.0 Å². The zero-order chi connectivity index (χ0) is 15.4. The van der Waals surface area contributed by atoms with Gasteiger partial charge in [0, 0.05) is 5.92 Å². The van der Waals surface area contributed by atoms with Crippen molar-refractivity contribution in [2.75, 3.05) is 6.61 Å². The molecule has 1 saturated heterocycles. The third kappa shape index (κ3) is 3.32. The molecule has 1 aromatic rings. The Hall–Kier alpha value is -1.43. The average molecular weight is 304 g/mol. The molecule has 4 unspecified atom stereocenters. The van der Waals surface area contributed by atoms with Crippen LogP contribution in [-0.2, 0) is 20.9 Å². The fraction of sp³-hybridized carbons (Fsp3) is 0.588. The molecule has 2 N–H and O–H groups in total. The number of ether oxygens (including phenoxy) is 2. The maximum Gasteiger partial charge on any atom is 0.324 e. The second-order valence-corrected chi connectivity index (χ2v) is 5.97. The zero-order valence-corrected chi connectivity index (χ0v) is 13.0. The largest absolute Gasteiger partial charge is 0.465 e. The molecule has 22 heavy (non-hydrogen) atoms. The number of nitrogens with one attached hydrogen (secondary N) is 2. The van der Waals surface area contributed by atoms with Gasteiger partial charge in [-0.3, -0.25) is 10.2 Å². The molecular formula is C17H24N2O3. The molecule has 0 bridgehead atoms. The minimum Gasteiger partial charge on any atom is -0.465 e. The number of hydrogen-bond acceptors (Lipinski definition) is 5. The Labute approximate surface area is 131 Å². The highest BCUT2D eigenvalue weighted by Gasteiger charge is 2.46. The van der Waals surface area contributed by atoms with Crippen LogP contribution >= 0.6 is 0 Å². The molecule has 0 radical (unpaired) electrons. The lowest BCUT2D eigenvalue weighted by atomic mass is 9.80. The second kappa shape index (κ2) is 7.22. The van der Waals surface area contributed by atoms with Crippen molar-refractivity contribution in [1.29, 1.82) is 0 Å². The van der Waals surface area contributed by atoms with Crippen LogP contribution in [0.4, 0.5) is 0 Å². The molecule has 0 spiro atoms. The normalized spacial score (nSPS) is 30.8. The van der Waals surface area contributed by atoms with E-state index in [4.69, 9.17) is 9.47 Å². The van der Waals surface area contributed by atoms with Gasteiger partial charge in [-0.15, -0.1) is 0 Å². The van der Waals surface area contributed by atoms with Crippen LogP contribution in [0.25, 0.3) is 0 Å². The lowest BCUT2D eigenvalue weighted by molar-refractivity contribution is -0.146. The minimum absolute atomic E-state index is 0.130. The molecule has 1 aromatic carbocycles. The average Bonchev–Trinajstić information content (AvgIpc) is 2.99. The van der Waals surface area contributed by atoms with Crippen molar-refractivity contribution in [1.82, 2.24) is 10.9 Å². The zero-order valence-electron chi connectivity index (χ0n) is 13.0. The summed E-state index contributed by atoms with van der Waals surface area (Å²) in [5, 5.41) is 0. The van der Waals surface area contributed by atoms with Crippen molar-refractivity contribution >= 4 is 5.97 Å². The van der Waals surface area contributed by atoms with Gasteiger partial charge >= 0.3 is 5.97 Å². The molecule has 4 atom stereocenters. The summed E-state index contributed by atoms with van der Waals surface area (Å²) in [5.41, 5.74) is 7.54. The van der Waals surface area contributed by atoms with Crippen LogP contribution in [0.15, 0.2) is 30.3 Å². The first-order chi connectivity index (χ1) is 10.8. The minimum atomic E-state index is -0.256. The van der Waals surface area contributed by atoms with E-state index in [1.807, 2.05) is 25.1 Å². The van der Waals surface area contributed by atoms with Gasteiger partial charge in [0.1, 0.15) is 6.04 Å². The highest BCUT2D eigenvalue weighted by atomic mass is 16.5. The van der Waals surface area contributed by atoms with Crippen molar-refractivity contribution in [2.24, 2.45) is 5.92 Å². The highest BCUT2D eigenvalue weighted by Crippen LogP contribution is 2.33. The van der Waals surface area contributed by atoms with Gasteiger partial charge in [-0.1, -0.05) is 36.8 Å². The van der Waals surface area contributed by atoms with E-state index in [9.17, 15) is 4.79 Å². The number of rotatable bonds is 5. The third-order valence-electron chi connectivity index (χ3n) is 4.57. The Morgan fingerprint density at radius 1 is 1.23 bits per heavy atom. The maximum atomic E-state index is 12.0. The van der Waals surface area contributed by atoms with Gasteiger partial charge in [0.25, 0.3) is 0 Å². The van der Waals surface area contributed by atoms with Crippen LogP contribution in [0.5, 0.6) is 0 Å². The summed E-state index contributed by atoms with van der Waals surface area (Å²) >= 11 is 0. The van der Waals surface area contributed by atoms with Gasteiger partial charge in [-0.2, -0.15) is 0 Å². The Morgan fingerprint density at radius 2 is 2.05 bits per heavy atom. The lowest BCUT2D eigenvalue weighted by Crippen LogP contribution is -2.45. The summed E-state index contributed by atoms with van der Waals surface area (Å²) < 4.78 is 11.3. The predicted molar refractivity (Wildman–Crippen MR) is 82.8 cm³/mol. The molecule has 5 nitrogen and oxygen atoms in total. The van der Waals surface area contributed by atoms with Crippen LogP contribution in [-0.4, -0.2) is 30.8 Å². The molecular weight excluding hydrogens is 280 g/mol. The van der Waals surface area contributed by atoms with Crippen molar-refractivity contribution in [3.63, 3.8) is 0 Å². The van der Waals surface area contributed by atoms with Gasteiger partial charge in [-0.05, 0) is 25.3 Å². The van der Waals surface area contributed by atoms with Gasteiger partial charge in [-0.25, -0.2) is 5.43 Å². The number of hydrazine groups is 1. The number of esters is 1. The van der Waals surface area contributed by atoms with Crippen LogP contribution in [0.1, 0.15) is 31.7 Å². The van der Waals surface area contributed by atoms with E-state index >= 15 is 0 Å². The highest BCUT2D eigenvalue weighted by molar-refractivity contribution is 5.76. The molecule has 1 aliphatic carbocycles. The topological polar surface area (TPSA) is 59.6 Å². The van der Waals surface area contributed by atoms with Crippen LogP contribution < -0.4 is 10.9 Å². The number of hydrogen-bond donors (Lipinski definition) is 2. The van der Waals surface area contributed by atoms with Gasteiger partial charge < -0.3 is 9.47 Å². The Kier molecular flexibility index (Phi) is 5.08. The molecule has 1 saturated carbocycles. The van der Waals surface area contributed by atoms with E-state index in [1.54, 1.807) is 0 Å². The monoisotopic (exact) mass is 304 g/mol. The molecule has 2 fully saturated rings. The lowest BCUT2D eigenvalue weighted by Gasteiger charge is -2.33. The van der Waals surface area contributed by atoms with E-state index in [-0.39, 0.29) is 30.1 Å². The Balaban J connectivity index is 1.59.